The Balaban J connectivity index is 2.01. The van der Waals surface area contributed by atoms with Crippen molar-refractivity contribution in [2.75, 3.05) is 0 Å². The second-order valence-corrected chi connectivity index (χ2v) is 4.63. The number of hydrogen-bond donors (Lipinski definition) is 0. The summed E-state index contributed by atoms with van der Waals surface area (Å²) < 4.78 is 4.07. The minimum Gasteiger partial charge on any atom is -0.288 e. The van der Waals surface area contributed by atoms with E-state index in [4.69, 9.17) is 0 Å². The molecule has 4 heteroatoms. The summed E-state index contributed by atoms with van der Waals surface area (Å²) in [5.41, 5.74) is 1.14. The highest BCUT2D eigenvalue weighted by Gasteiger charge is 2.08. The topological polar surface area (TPSA) is 35.1 Å². The molecule has 4 rings (SSSR count). The van der Waals surface area contributed by atoms with Crippen LogP contribution < -0.4 is 0 Å². The van der Waals surface area contributed by atoms with Crippen molar-refractivity contribution in [1.29, 1.82) is 0 Å². The fourth-order valence-electron chi connectivity index (χ4n) is 2.43. The van der Waals surface area contributed by atoms with E-state index in [0.717, 1.165) is 22.7 Å². The molecule has 1 aromatic carbocycles. The lowest BCUT2D eigenvalue weighted by Crippen LogP contribution is -1.96. The van der Waals surface area contributed by atoms with E-state index in [1.165, 1.54) is 5.39 Å². The first-order valence-electron chi connectivity index (χ1n) is 6.19. The van der Waals surface area contributed by atoms with Crippen molar-refractivity contribution in [3.63, 3.8) is 0 Å². The summed E-state index contributed by atoms with van der Waals surface area (Å²) in [6, 6.07) is 10.3. The maximum absolute atomic E-state index is 4.53. The van der Waals surface area contributed by atoms with E-state index in [2.05, 4.69) is 45.7 Å². The molecule has 0 saturated heterocycles. The Morgan fingerprint density at radius 3 is 2.79 bits per heavy atom. The smallest absolute Gasteiger partial charge is 0.219 e. The minimum atomic E-state index is 0.889. The second kappa shape index (κ2) is 3.68. The maximum Gasteiger partial charge on any atom is 0.219 e. The van der Waals surface area contributed by atoms with Gasteiger partial charge in [0.05, 0.1) is 0 Å². The molecule has 92 valence electrons. The lowest BCUT2D eigenvalue weighted by molar-refractivity contribution is 1.02. The van der Waals surface area contributed by atoms with Gasteiger partial charge in [-0.05, 0) is 18.4 Å². The minimum absolute atomic E-state index is 0.889. The largest absolute Gasteiger partial charge is 0.288 e. The summed E-state index contributed by atoms with van der Waals surface area (Å²) in [7, 11) is 0. The van der Waals surface area contributed by atoms with Crippen LogP contribution in [0, 0.1) is 6.92 Å². The molecule has 0 spiro atoms. The molecular formula is C15H12N4. The molecule has 3 aromatic heterocycles. The molecule has 4 aromatic rings. The van der Waals surface area contributed by atoms with Gasteiger partial charge in [0.15, 0.2) is 0 Å². The van der Waals surface area contributed by atoms with Crippen molar-refractivity contribution >= 4 is 16.6 Å². The molecule has 0 saturated carbocycles. The normalized spacial score (nSPS) is 11.4. The van der Waals surface area contributed by atoms with Crippen LogP contribution in [0.1, 0.15) is 5.69 Å². The van der Waals surface area contributed by atoms with Crippen molar-refractivity contribution in [2.24, 2.45) is 0 Å². The lowest BCUT2D eigenvalue weighted by atomic mass is 10.2. The van der Waals surface area contributed by atoms with Gasteiger partial charge in [0.25, 0.3) is 0 Å². The summed E-state index contributed by atoms with van der Waals surface area (Å²) in [4.78, 5) is 8.91. The molecule has 0 aliphatic carbocycles. The zero-order chi connectivity index (χ0) is 12.8. The first kappa shape index (κ1) is 10.3. The molecular weight excluding hydrogens is 236 g/mol. The standard InChI is InChI=1S/C15H12N4/c1-11-10-19(15-16-6-7-18(11)15)14-8-12-4-2-3-5-13(12)9-17-14/h2-10H,1H3. The molecule has 0 aliphatic heterocycles. The fourth-order valence-corrected chi connectivity index (χ4v) is 2.43. The molecule has 0 unspecified atom stereocenters. The number of aromatic nitrogens is 4. The second-order valence-electron chi connectivity index (χ2n) is 4.63. The van der Waals surface area contributed by atoms with Gasteiger partial charge in [0, 0.05) is 35.9 Å². The van der Waals surface area contributed by atoms with Crippen LogP contribution in [0.2, 0.25) is 0 Å². The number of fused-ring (bicyclic) bond motifs is 2. The first-order chi connectivity index (χ1) is 9.33. The van der Waals surface area contributed by atoms with Crippen molar-refractivity contribution in [3.8, 4) is 5.82 Å². The lowest BCUT2D eigenvalue weighted by Gasteiger charge is -2.03. The SMILES string of the molecule is Cc1cn(-c2cc3ccccc3cn2)c2nccn12. The fraction of sp³-hybridized carbons (Fsp3) is 0.0667. The molecule has 0 radical (unpaired) electrons. The van der Waals surface area contributed by atoms with Crippen LogP contribution in [-0.2, 0) is 0 Å². The quantitative estimate of drug-likeness (QED) is 0.519. The summed E-state index contributed by atoms with van der Waals surface area (Å²) in [5.74, 6) is 1.78. The van der Waals surface area contributed by atoms with Crippen LogP contribution in [0.5, 0.6) is 0 Å². The van der Waals surface area contributed by atoms with Crippen molar-refractivity contribution in [3.05, 3.63) is 60.8 Å². The van der Waals surface area contributed by atoms with E-state index in [-0.39, 0.29) is 0 Å². The van der Waals surface area contributed by atoms with Gasteiger partial charge in [-0.25, -0.2) is 9.97 Å². The van der Waals surface area contributed by atoms with Gasteiger partial charge < -0.3 is 0 Å². The van der Waals surface area contributed by atoms with Crippen molar-refractivity contribution in [2.45, 2.75) is 6.92 Å². The average Bonchev–Trinajstić information content (AvgIpc) is 3.03. The summed E-state index contributed by atoms with van der Waals surface area (Å²) in [5, 5.41) is 2.33. The number of rotatable bonds is 1. The number of benzene rings is 1. The van der Waals surface area contributed by atoms with Gasteiger partial charge in [-0.3, -0.25) is 8.97 Å². The molecule has 19 heavy (non-hydrogen) atoms. The Bertz CT molecular complexity index is 885. The summed E-state index contributed by atoms with van der Waals surface area (Å²) >= 11 is 0. The van der Waals surface area contributed by atoms with Crippen LogP contribution in [0.4, 0.5) is 0 Å². The highest BCUT2D eigenvalue weighted by atomic mass is 15.2. The van der Waals surface area contributed by atoms with Gasteiger partial charge in [0.2, 0.25) is 5.78 Å². The van der Waals surface area contributed by atoms with Crippen molar-refractivity contribution < 1.29 is 0 Å². The van der Waals surface area contributed by atoms with Crippen LogP contribution in [0.3, 0.4) is 0 Å². The van der Waals surface area contributed by atoms with Gasteiger partial charge in [-0.15, -0.1) is 0 Å². The Morgan fingerprint density at radius 2 is 1.89 bits per heavy atom. The van der Waals surface area contributed by atoms with E-state index < -0.39 is 0 Å². The van der Waals surface area contributed by atoms with E-state index in [1.807, 2.05) is 29.1 Å². The van der Waals surface area contributed by atoms with Crippen LogP contribution >= 0.6 is 0 Å². The summed E-state index contributed by atoms with van der Waals surface area (Å²) in [6.07, 6.45) is 7.72. The Hall–Kier alpha value is -2.62. The zero-order valence-corrected chi connectivity index (χ0v) is 10.5. The van der Waals surface area contributed by atoms with Crippen LogP contribution in [0.15, 0.2) is 55.1 Å². The number of hydrogen-bond acceptors (Lipinski definition) is 2. The third kappa shape index (κ3) is 1.46. The summed E-state index contributed by atoms with van der Waals surface area (Å²) in [6.45, 7) is 2.06. The molecule has 0 atom stereocenters. The predicted molar refractivity (Wildman–Crippen MR) is 74.6 cm³/mol. The average molecular weight is 248 g/mol. The molecule has 3 heterocycles. The van der Waals surface area contributed by atoms with E-state index in [9.17, 15) is 0 Å². The highest BCUT2D eigenvalue weighted by molar-refractivity contribution is 5.82. The predicted octanol–water partition coefficient (Wildman–Crippen LogP) is 2.98. The molecule has 0 N–H and O–H groups in total. The van der Waals surface area contributed by atoms with Gasteiger partial charge in [0.1, 0.15) is 5.82 Å². The number of imidazole rings is 2. The third-order valence-corrected chi connectivity index (χ3v) is 3.40. The Morgan fingerprint density at radius 1 is 1.05 bits per heavy atom. The molecule has 0 bridgehead atoms. The van der Waals surface area contributed by atoms with Crippen molar-refractivity contribution in [1.82, 2.24) is 18.9 Å². The van der Waals surface area contributed by atoms with Crippen LogP contribution in [-0.4, -0.2) is 18.9 Å². The van der Waals surface area contributed by atoms with Gasteiger partial charge in [-0.2, -0.15) is 0 Å². The van der Waals surface area contributed by atoms with E-state index in [1.54, 1.807) is 6.20 Å². The van der Waals surface area contributed by atoms with E-state index >= 15 is 0 Å². The number of pyridine rings is 1. The molecule has 0 aliphatic rings. The monoisotopic (exact) mass is 248 g/mol. The first-order valence-corrected chi connectivity index (χ1v) is 6.19. The van der Waals surface area contributed by atoms with Gasteiger partial charge in [-0.1, -0.05) is 24.3 Å². The molecule has 4 nitrogen and oxygen atoms in total. The Kier molecular flexibility index (Phi) is 2.00. The van der Waals surface area contributed by atoms with E-state index in [0.29, 0.717) is 0 Å². The highest BCUT2D eigenvalue weighted by Crippen LogP contribution is 2.18. The number of aryl methyl sites for hydroxylation is 1. The molecule has 0 fully saturated rings. The Labute approximate surface area is 110 Å². The van der Waals surface area contributed by atoms with Gasteiger partial charge >= 0.3 is 0 Å². The molecule has 0 amide bonds. The third-order valence-electron chi connectivity index (χ3n) is 3.40. The number of nitrogens with zero attached hydrogens (tertiary/aromatic N) is 4. The maximum atomic E-state index is 4.53. The van der Waals surface area contributed by atoms with Crippen LogP contribution in [0.25, 0.3) is 22.4 Å². The zero-order valence-electron chi connectivity index (χ0n) is 10.5.